The van der Waals surface area contributed by atoms with E-state index in [1.807, 2.05) is 6.07 Å². The molecule has 0 saturated heterocycles. The largest absolute Gasteiger partial charge is 0.506 e. The molecule has 2 rings (SSSR count). The van der Waals surface area contributed by atoms with Crippen LogP contribution in [0.5, 0.6) is 5.75 Å². The van der Waals surface area contributed by atoms with Gasteiger partial charge < -0.3 is 5.11 Å². The van der Waals surface area contributed by atoms with E-state index in [9.17, 15) is 5.11 Å². The van der Waals surface area contributed by atoms with E-state index >= 15 is 0 Å². The lowest BCUT2D eigenvalue weighted by atomic mass is 10.3. The molecule has 0 unspecified atom stereocenters. The normalized spacial score (nSPS) is 9.33. The molecule has 2 aromatic rings. The van der Waals surface area contributed by atoms with Crippen molar-refractivity contribution in [2.24, 2.45) is 0 Å². The maximum Gasteiger partial charge on any atom is 0.144 e. The summed E-state index contributed by atoms with van der Waals surface area (Å²) in [6.45, 7) is 0. The molecule has 12 heavy (non-hydrogen) atoms. The van der Waals surface area contributed by atoms with Crippen LogP contribution in [0.4, 0.5) is 0 Å². The Bertz CT molecular complexity index is 386. The minimum absolute atomic E-state index is 0. The number of hydrogen-bond acceptors (Lipinski definition) is 3. The fraction of sp³-hybridized carbons (Fsp3) is 0. The second kappa shape index (κ2) is 3.36. The van der Waals surface area contributed by atoms with Crippen LogP contribution < -0.4 is 0 Å². The third-order valence-corrected chi connectivity index (χ3v) is 1.48. The summed E-state index contributed by atoms with van der Waals surface area (Å²) < 4.78 is 0. The smallest absolute Gasteiger partial charge is 0.144 e. The zero-order valence-corrected chi connectivity index (χ0v) is 6.95. The first kappa shape index (κ1) is 8.74. The molecular weight excluding hydrogens is 176 g/mol. The topological polar surface area (TPSA) is 46.0 Å². The standard InChI is InChI=1S/C8H6N2O.ClH/c11-7-3-5-9-6-2-1-4-10-8(6)7;/h1-5H,(H,9,11);1H. The number of fused-ring (bicyclic) bond motifs is 1. The SMILES string of the molecule is Cl.Oc1ccnc2cccnc12. The Hall–Kier alpha value is -1.35. The third kappa shape index (κ3) is 1.31. The average Bonchev–Trinajstić information content (AvgIpc) is 2.06. The molecule has 0 aliphatic heterocycles. The predicted molar refractivity (Wildman–Crippen MR) is 48.5 cm³/mol. The van der Waals surface area contributed by atoms with E-state index in [1.54, 1.807) is 18.5 Å². The van der Waals surface area contributed by atoms with Crippen molar-refractivity contribution in [3.63, 3.8) is 0 Å². The molecule has 62 valence electrons. The first-order valence-corrected chi connectivity index (χ1v) is 3.26. The average molecular weight is 183 g/mol. The summed E-state index contributed by atoms with van der Waals surface area (Å²) in [6.07, 6.45) is 3.18. The summed E-state index contributed by atoms with van der Waals surface area (Å²) in [5, 5.41) is 9.27. The van der Waals surface area contributed by atoms with Gasteiger partial charge in [-0.3, -0.25) is 9.97 Å². The zero-order valence-electron chi connectivity index (χ0n) is 6.14. The van der Waals surface area contributed by atoms with Crippen LogP contribution in [0.1, 0.15) is 0 Å². The van der Waals surface area contributed by atoms with Gasteiger partial charge in [0.2, 0.25) is 0 Å². The first-order chi connectivity index (χ1) is 5.38. The molecule has 0 aliphatic carbocycles. The van der Waals surface area contributed by atoms with Crippen LogP contribution in [0.25, 0.3) is 11.0 Å². The van der Waals surface area contributed by atoms with E-state index in [0.29, 0.717) is 11.0 Å². The molecule has 0 bridgehead atoms. The number of halogens is 1. The van der Waals surface area contributed by atoms with Gasteiger partial charge in [-0.15, -0.1) is 12.4 Å². The van der Waals surface area contributed by atoms with Crippen molar-refractivity contribution >= 4 is 23.4 Å². The summed E-state index contributed by atoms with van der Waals surface area (Å²) in [4.78, 5) is 7.99. The van der Waals surface area contributed by atoms with Gasteiger partial charge in [-0.25, -0.2) is 0 Å². The molecule has 0 amide bonds. The molecular formula is C8H7ClN2O. The van der Waals surface area contributed by atoms with Gasteiger partial charge >= 0.3 is 0 Å². The number of aromatic hydroxyl groups is 1. The van der Waals surface area contributed by atoms with Crippen molar-refractivity contribution in [3.8, 4) is 5.75 Å². The highest BCUT2D eigenvalue weighted by atomic mass is 35.5. The van der Waals surface area contributed by atoms with Crippen LogP contribution in [0.3, 0.4) is 0 Å². The van der Waals surface area contributed by atoms with Gasteiger partial charge in [0.05, 0.1) is 5.52 Å². The Labute approximate surface area is 75.5 Å². The van der Waals surface area contributed by atoms with Crippen molar-refractivity contribution in [2.45, 2.75) is 0 Å². The predicted octanol–water partition coefficient (Wildman–Crippen LogP) is 1.76. The van der Waals surface area contributed by atoms with E-state index in [-0.39, 0.29) is 18.2 Å². The quantitative estimate of drug-likeness (QED) is 0.675. The van der Waals surface area contributed by atoms with Crippen LogP contribution in [0.2, 0.25) is 0 Å². The Balaban J connectivity index is 0.000000720. The lowest BCUT2D eigenvalue weighted by molar-refractivity contribution is 0.480. The summed E-state index contributed by atoms with van der Waals surface area (Å²) in [5.74, 6) is 0.176. The van der Waals surface area contributed by atoms with Crippen molar-refractivity contribution in [1.29, 1.82) is 0 Å². The lowest BCUT2D eigenvalue weighted by Crippen LogP contribution is -1.80. The highest BCUT2D eigenvalue weighted by molar-refractivity contribution is 5.85. The molecule has 0 atom stereocenters. The van der Waals surface area contributed by atoms with Crippen molar-refractivity contribution in [3.05, 3.63) is 30.6 Å². The molecule has 0 aromatic carbocycles. The fourth-order valence-corrected chi connectivity index (χ4v) is 0.965. The van der Waals surface area contributed by atoms with E-state index in [4.69, 9.17) is 0 Å². The molecule has 0 radical (unpaired) electrons. The van der Waals surface area contributed by atoms with E-state index < -0.39 is 0 Å². The Morgan fingerprint density at radius 1 is 1.08 bits per heavy atom. The maximum atomic E-state index is 9.27. The first-order valence-electron chi connectivity index (χ1n) is 3.26. The summed E-state index contributed by atoms with van der Waals surface area (Å²) in [7, 11) is 0. The molecule has 0 saturated carbocycles. The maximum absolute atomic E-state index is 9.27. The van der Waals surface area contributed by atoms with Crippen molar-refractivity contribution < 1.29 is 5.11 Å². The van der Waals surface area contributed by atoms with Gasteiger partial charge in [-0.2, -0.15) is 0 Å². The van der Waals surface area contributed by atoms with Gasteiger partial charge in [0, 0.05) is 18.5 Å². The van der Waals surface area contributed by atoms with Crippen LogP contribution in [-0.2, 0) is 0 Å². The van der Waals surface area contributed by atoms with E-state index in [2.05, 4.69) is 9.97 Å². The molecule has 0 aliphatic rings. The fourth-order valence-electron chi connectivity index (χ4n) is 0.965. The molecule has 4 heteroatoms. The summed E-state index contributed by atoms with van der Waals surface area (Å²) in [6, 6.07) is 5.12. The Kier molecular flexibility index (Phi) is 2.45. The number of hydrogen-bond donors (Lipinski definition) is 1. The number of rotatable bonds is 0. The third-order valence-electron chi connectivity index (χ3n) is 1.48. The van der Waals surface area contributed by atoms with Crippen molar-refractivity contribution in [1.82, 2.24) is 9.97 Å². The molecule has 2 aromatic heterocycles. The molecule has 3 nitrogen and oxygen atoms in total. The van der Waals surface area contributed by atoms with Crippen LogP contribution in [-0.4, -0.2) is 15.1 Å². The van der Waals surface area contributed by atoms with Crippen molar-refractivity contribution in [2.75, 3.05) is 0 Å². The monoisotopic (exact) mass is 182 g/mol. The Morgan fingerprint density at radius 3 is 2.67 bits per heavy atom. The number of pyridine rings is 2. The molecule has 0 fully saturated rings. The van der Waals surface area contributed by atoms with Gasteiger partial charge in [-0.1, -0.05) is 0 Å². The highest BCUT2D eigenvalue weighted by Crippen LogP contribution is 2.18. The second-order valence-corrected chi connectivity index (χ2v) is 2.20. The highest BCUT2D eigenvalue weighted by Gasteiger charge is 1.97. The minimum Gasteiger partial charge on any atom is -0.506 e. The minimum atomic E-state index is 0. The van der Waals surface area contributed by atoms with Gasteiger partial charge in [-0.05, 0) is 12.1 Å². The van der Waals surface area contributed by atoms with Crippen LogP contribution >= 0.6 is 12.4 Å². The lowest BCUT2D eigenvalue weighted by Gasteiger charge is -1.95. The van der Waals surface area contributed by atoms with Gasteiger partial charge in [0.25, 0.3) is 0 Å². The molecule has 1 N–H and O–H groups in total. The Morgan fingerprint density at radius 2 is 1.92 bits per heavy atom. The summed E-state index contributed by atoms with van der Waals surface area (Å²) in [5.41, 5.74) is 1.27. The number of aromatic nitrogens is 2. The second-order valence-electron chi connectivity index (χ2n) is 2.20. The van der Waals surface area contributed by atoms with E-state index in [0.717, 1.165) is 0 Å². The number of nitrogens with zero attached hydrogens (tertiary/aromatic N) is 2. The van der Waals surface area contributed by atoms with Crippen LogP contribution in [0.15, 0.2) is 30.6 Å². The summed E-state index contributed by atoms with van der Waals surface area (Å²) >= 11 is 0. The van der Waals surface area contributed by atoms with Gasteiger partial charge in [0.1, 0.15) is 11.3 Å². The molecule has 0 spiro atoms. The van der Waals surface area contributed by atoms with Crippen LogP contribution in [0, 0.1) is 0 Å². The molecule has 2 heterocycles. The van der Waals surface area contributed by atoms with E-state index in [1.165, 1.54) is 6.07 Å². The zero-order chi connectivity index (χ0) is 7.68. The van der Waals surface area contributed by atoms with Gasteiger partial charge in [0.15, 0.2) is 0 Å².